The highest BCUT2D eigenvalue weighted by atomic mass is 35.5. The van der Waals surface area contributed by atoms with Gasteiger partial charge in [0.2, 0.25) is 0 Å². The third kappa shape index (κ3) is 5.37. The molecule has 2 aromatic carbocycles. The predicted octanol–water partition coefficient (Wildman–Crippen LogP) is 3.59. The second kappa shape index (κ2) is 9.28. The van der Waals surface area contributed by atoms with Crippen molar-refractivity contribution in [2.24, 2.45) is 5.10 Å². The Bertz CT molecular complexity index is 821. The standard InChI is InChI=1S/C20H21ClN2O4/c1-2-14-4-6-16(7-5-14)27-13-19(24)23-22-12-15-10-17(21)20-18(11-15)25-8-3-9-26-20/h4-7,10-12H,2-3,8-9,13H2,1H3,(H,23,24)/b22-12-. The van der Waals surface area contributed by atoms with E-state index < -0.39 is 0 Å². The van der Waals surface area contributed by atoms with Gasteiger partial charge in [-0.2, -0.15) is 5.10 Å². The van der Waals surface area contributed by atoms with E-state index in [4.69, 9.17) is 25.8 Å². The van der Waals surface area contributed by atoms with Crippen LogP contribution in [0.5, 0.6) is 17.2 Å². The van der Waals surface area contributed by atoms with E-state index in [1.807, 2.05) is 24.3 Å². The van der Waals surface area contributed by atoms with Crippen molar-refractivity contribution in [3.8, 4) is 17.2 Å². The van der Waals surface area contributed by atoms with Crippen molar-refractivity contribution in [3.05, 3.63) is 52.5 Å². The fourth-order valence-corrected chi connectivity index (χ4v) is 2.78. The van der Waals surface area contributed by atoms with E-state index in [0.717, 1.165) is 12.8 Å². The van der Waals surface area contributed by atoms with Crippen LogP contribution in [0.25, 0.3) is 0 Å². The molecule has 0 atom stereocenters. The minimum Gasteiger partial charge on any atom is -0.489 e. The smallest absolute Gasteiger partial charge is 0.277 e. The molecule has 0 saturated carbocycles. The van der Waals surface area contributed by atoms with Gasteiger partial charge in [0, 0.05) is 6.42 Å². The van der Waals surface area contributed by atoms with Crippen molar-refractivity contribution in [3.63, 3.8) is 0 Å². The van der Waals surface area contributed by atoms with Gasteiger partial charge in [-0.25, -0.2) is 5.43 Å². The van der Waals surface area contributed by atoms with Gasteiger partial charge in [-0.1, -0.05) is 30.7 Å². The quantitative estimate of drug-likeness (QED) is 0.606. The summed E-state index contributed by atoms with van der Waals surface area (Å²) in [5.41, 5.74) is 4.33. The normalized spacial score (nSPS) is 13.3. The number of hydrogen-bond donors (Lipinski definition) is 1. The number of nitrogens with one attached hydrogen (secondary N) is 1. The molecule has 0 unspecified atom stereocenters. The molecule has 2 aromatic rings. The zero-order valence-corrected chi connectivity index (χ0v) is 15.8. The second-order valence-corrected chi connectivity index (χ2v) is 6.37. The Morgan fingerprint density at radius 2 is 2.04 bits per heavy atom. The molecule has 1 amide bonds. The minimum absolute atomic E-state index is 0.120. The molecule has 27 heavy (non-hydrogen) atoms. The van der Waals surface area contributed by atoms with Crippen LogP contribution in [0.2, 0.25) is 5.02 Å². The molecule has 0 bridgehead atoms. The Morgan fingerprint density at radius 1 is 1.26 bits per heavy atom. The zero-order valence-electron chi connectivity index (χ0n) is 15.0. The molecule has 0 radical (unpaired) electrons. The van der Waals surface area contributed by atoms with E-state index >= 15 is 0 Å². The van der Waals surface area contributed by atoms with Crippen LogP contribution in [0.1, 0.15) is 24.5 Å². The third-order valence-electron chi connectivity index (χ3n) is 3.93. The van der Waals surface area contributed by atoms with Crippen molar-refractivity contribution in [1.82, 2.24) is 5.43 Å². The maximum absolute atomic E-state index is 11.9. The lowest BCUT2D eigenvalue weighted by Crippen LogP contribution is -2.24. The summed E-state index contributed by atoms with van der Waals surface area (Å²) >= 11 is 6.23. The summed E-state index contributed by atoms with van der Waals surface area (Å²) in [6.07, 6.45) is 3.25. The van der Waals surface area contributed by atoms with E-state index in [1.165, 1.54) is 11.8 Å². The second-order valence-electron chi connectivity index (χ2n) is 5.96. The fraction of sp³-hybridized carbons (Fsp3) is 0.300. The van der Waals surface area contributed by atoms with Gasteiger partial charge >= 0.3 is 0 Å². The lowest BCUT2D eigenvalue weighted by molar-refractivity contribution is -0.123. The van der Waals surface area contributed by atoms with Crippen LogP contribution in [0, 0.1) is 0 Å². The molecule has 0 spiro atoms. The average molecular weight is 389 g/mol. The Hall–Kier alpha value is -2.73. The van der Waals surface area contributed by atoms with Crippen molar-refractivity contribution in [1.29, 1.82) is 0 Å². The van der Waals surface area contributed by atoms with E-state index in [9.17, 15) is 4.79 Å². The number of rotatable bonds is 6. The molecule has 7 heteroatoms. The summed E-state index contributed by atoms with van der Waals surface area (Å²) in [6.45, 7) is 3.09. The number of benzene rings is 2. The van der Waals surface area contributed by atoms with Gasteiger partial charge in [0.1, 0.15) is 5.75 Å². The van der Waals surface area contributed by atoms with Gasteiger partial charge in [-0.05, 0) is 41.8 Å². The lowest BCUT2D eigenvalue weighted by Gasteiger charge is -2.09. The minimum atomic E-state index is -0.355. The van der Waals surface area contributed by atoms with Crippen LogP contribution in [-0.2, 0) is 11.2 Å². The molecule has 1 aliphatic rings. The summed E-state index contributed by atoms with van der Waals surface area (Å²) < 4.78 is 16.6. The predicted molar refractivity (Wildman–Crippen MR) is 104 cm³/mol. The lowest BCUT2D eigenvalue weighted by atomic mass is 10.2. The first-order chi connectivity index (χ1) is 13.2. The van der Waals surface area contributed by atoms with E-state index in [1.54, 1.807) is 12.1 Å². The molecule has 142 valence electrons. The van der Waals surface area contributed by atoms with Crippen molar-refractivity contribution in [2.75, 3.05) is 19.8 Å². The summed E-state index contributed by atoms with van der Waals surface area (Å²) in [5, 5.41) is 4.38. The fourth-order valence-electron chi connectivity index (χ4n) is 2.51. The first-order valence-corrected chi connectivity index (χ1v) is 9.16. The summed E-state index contributed by atoms with van der Waals surface area (Å²) in [4.78, 5) is 11.9. The number of halogens is 1. The van der Waals surface area contributed by atoms with Crippen molar-refractivity contribution in [2.45, 2.75) is 19.8 Å². The molecular formula is C20H21ClN2O4. The SMILES string of the molecule is CCc1ccc(OCC(=O)N/N=C\c2cc(Cl)c3c(c2)OCCCO3)cc1. The van der Waals surface area contributed by atoms with Crippen LogP contribution < -0.4 is 19.6 Å². The van der Waals surface area contributed by atoms with Crippen LogP contribution in [0.3, 0.4) is 0 Å². The van der Waals surface area contributed by atoms with Crippen molar-refractivity contribution >= 4 is 23.7 Å². The molecule has 3 rings (SSSR count). The number of carbonyl (C=O) groups is 1. The third-order valence-corrected chi connectivity index (χ3v) is 4.21. The number of ether oxygens (including phenoxy) is 3. The molecule has 0 aliphatic carbocycles. The maximum Gasteiger partial charge on any atom is 0.277 e. The number of carbonyl (C=O) groups excluding carboxylic acids is 1. The Balaban J connectivity index is 1.53. The van der Waals surface area contributed by atoms with Gasteiger partial charge in [-0.15, -0.1) is 0 Å². The summed E-state index contributed by atoms with van der Waals surface area (Å²) in [5.74, 6) is 1.40. The number of nitrogens with zero attached hydrogens (tertiary/aromatic N) is 1. The highest BCUT2D eigenvalue weighted by Crippen LogP contribution is 2.37. The highest BCUT2D eigenvalue weighted by molar-refractivity contribution is 6.32. The number of aryl methyl sites for hydroxylation is 1. The summed E-state index contributed by atoms with van der Waals surface area (Å²) in [6, 6.07) is 11.1. The molecular weight excluding hydrogens is 368 g/mol. The number of fused-ring (bicyclic) bond motifs is 1. The van der Waals surface area contributed by atoms with E-state index in [0.29, 0.717) is 41.0 Å². The van der Waals surface area contributed by atoms with Crippen molar-refractivity contribution < 1.29 is 19.0 Å². The first-order valence-electron chi connectivity index (χ1n) is 8.78. The van der Waals surface area contributed by atoms with Crippen LogP contribution >= 0.6 is 11.6 Å². The molecule has 1 aliphatic heterocycles. The van der Waals surface area contributed by atoms with Crippen LogP contribution in [0.15, 0.2) is 41.5 Å². The van der Waals surface area contributed by atoms with Gasteiger partial charge < -0.3 is 14.2 Å². The molecule has 6 nitrogen and oxygen atoms in total. The highest BCUT2D eigenvalue weighted by Gasteiger charge is 2.15. The van der Waals surface area contributed by atoms with Gasteiger partial charge in [-0.3, -0.25) is 4.79 Å². The van der Waals surface area contributed by atoms with Crippen LogP contribution in [0.4, 0.5) is 0 Å². The maximum atomic E-state index is 11.9. The molecule has 1 heterocycles. The molecule has 0 saturated heterocycles. The van der Waals surface area contributed by atoms with Crippen LogP contribution in [-0.4, -0.2) is 31.9 Å². The monoisotopic (exact) mass is 388 g/mol. The number of hydrogen-bond acceptors (Lipinski definition) is 5. The Kier molecular flexibility index (Phi) is 6.54. The summed E-state index contributed by atoms with van der Waals surface area (Å²) in [7, 11) is 0. The largest absolute Gasteiger partial charge is 0.489 e. The Labute approximate surface area is 163 Å². The number of amides is 1. The average Bonchev–Trinajstić information content (AvgIpc) is 2.93. The van der Waals surface area contributed by atoms with E-state index in [2.05, 4.69) is 17.5 Å². The van der Waals surface area contributed by atoms with Gasteiger partial charge in [0.25, 0.3) is 5.91 Å². The van der Waals surface area contributed by atoms with Gasteiger partial charge in [0.05, 0.1) is 24.5 Å². The molecule has 0 aromatic heterocycles. The molecule has 1 N–H and O–H groups in total. The number of hydrazone groups is 1. The zero-order chi connectivity index (χ0) is 19.1. The van der Waals surface area contributed by atoms with Gasteiger partial charge in [0.15, 0.2) is 18.1 Å². The topological polar surface area (TPSA) is 69.2 Å². The molecule has 0 fully saturated rings. The first kappa shape index (κ1) is 19.0. The Morgan fingerprint density at radius 3 is 2.81 bits per heavy atom. The van der Waals surface area contributed by atoms with E-state index in [-0.39, 0.29) is 12.5 Å².